The third-order valence-corrected chi connectivity index (χ3v) is 4.24. The number of thioether (sulfide) groups is 1. The van der Waals surface area contributed by atoms with Crippen LogP contribution in [0.25, 0.3) is 0 Å². The molecular weight excluding hydrogens is 190 g/mol. The van der Waals surface area contributed by atoms with Gasteiger partial charge in [0.15, 0.2) is 0 Å². The van der Waals surface area contributed by atoms with Crippen molar-refractivity contribution in [1.29, 1.82) is 0 Å². The first kappa shape index (κ1) is 10.1. The van der Waals surface area contributed by atoms with Crippen LogP contribution in [0.1, 0.15) is 25.3 Å². The van der Waals surface area contributed by atoms with Gasteiger partial charge in [-0.15, -0.1) is 11.8 Å². The van der Waals surface area contributed by atoms with Crippen molar-refractivity contribution in [3.8, 4) is 0 Å². The Morgan fingerprint density at radius 2 is 2.29 bits per heavy atom. The van der Waals surface area contributed by atoms with Gasteiger partial charge >= 0.3 is 0 Å². The summed E-state index contributed by atoms with van der Waals surface area (Å²) in [5.41, 5.74) is 7.63. The van der Waals surface area contributed by atoms with Crippen LogP contribution in [-0.2, 0) is 6.42 Å². The van der Waals surface area contributed by atoms with Gasteiger partial charge in [-0.2, -0.15) is 0 Å². The maximum atomic E-state index is 6.15. The quantitative estimate of drug-likeness (QED) is 0.825. The third kappa shape index (κ3) is 1.96. The van der Waals surface area contributed by atoms with Gasteiger partial charge in [-0.1, -0.05) is 31.5 Å². The summed E-state index contributed by atoms with van der Waals surface area (Å²) in [4.78, 5) is 1.43. The molecule has 2 unspecified atom stereocenters. The highest BCUT2D eigenvalue weighted by Crippen LogP contribution is 2.38. The second-order valence-corrected chi connectivity index (χ2v) is 5.20. The molecule has 0 saturated heterocycles. The maximum Gasteiger partial charge on any atom is 0.0287 e. The third-order valence-electron chi connectivity index (χ3n) is 2.77. The Kier molecular flexibility index (Phi) is 3.14. The lowest BCUT2D eigenvalue weighted by Gasteiger charge is -2.16. The molecule has 0 fully saturated rings. The van der Waals surface area contributed by atoms with Crippen molar-refractivity contribution in [2.75, 3.05) is 0 Å². The molecule has 0 saturated carbocycles. The number of nitrogens with two attached hydrogens (primary N) is 1. The molecule has 2 rings (SSSR count). The van der Waals surface area contributed by atoms with Crippen LogP contribution in [0.3, 0.4) is 0 Å². The van der Waals surface area contributed by atoms with E-state index in [1.807, 2.05) is 11.8 Å². The topological polar surface area (TPSA) is 26.0 Å². The van der Waals surface area contributed by atoms with Crippen LogP contribution in [0, 0.1) is 0 Å². The van der Waals surface area contributed by atoms with Gasteiger partial charge in [-0.3, -0.25) is 0 Å². The zero-order valence-corrected chi connectivity index (χ0v) is 9.39. The Labute approximate surface area is 90.1 Å². The molecule has 2 atom stereocenters. The average molecular weight is 207 g/mol. The minimum Gasteiger partial charge on any atom is -0.327 e. The lowest BCUT2D eigenvalue weighted by Crippen LogP contribution is -2.31. The van der Waals surface area contributed by atoms with Crippen molar-refractivity contribution in [3.05, 3.63) is 29.8 Å². The molecule has 14 heavy (non-hydrogen) atoms. The molecule has 1 aliphatic heterocycles. The Morgan fingerprint density at radius 1 is 1.50 bits per heavy atom. The lowest BCUT2D eigenvalue weighted by atomic mass is 10.0. The molecule has 2 heteroatoms. The molecule has 0 radical (unpaired) electrons. The fourth-order valence-corrected chi connectivity index (χ4v) is 3.33. The molecule has 0 spiro atoms. The first-order valence-electron chi connectivity index (χ1n) is 5.31. The number of rotatable bonds is 3. The summed E-state index contributed by atoms with van der Waals surface area (Å²) >= 11 is 1.96. The van der Waals surface area contributed by atoms with E-state index in [1.54, 1.807) is 0 Å². The van der Waals surface area contributed by atoms with Gasteiger partial charge in [0.05, 0.1) is 0 Å². The number of hydrogen-bond donors (Lipinski definition) is 1. The Balaban J connectivity index is 2.04. The van der Waals surface area contributed by atoms with E-state index in [0.29, 0.717) is 11.3 Å². The lowest BCUT2D eigenvalue weighted by molar-refractivity contribution is 0.578. The Hall–Kier alpha value is -0.470. The van der Waals surface area contributed by atoms with Gasteiger partial charge in [0, 0.05) is 16.2 Å². The molecule has 2 N–H and O–H groups in total. The maximum absolute atomic E-state index is 6.15. The first-order chi connectivity index (χ1) is 6.81. The van der Waals surface area contributed by atoms with E-state index in [-0.39, 0.29) is 0 Å². The highest BCUT2D eigenvalue weighted by molar-refractivity contribution is 8.00. The molecule has 76 valence electrons. The molecule has 0 bridgehead atoms. The van der Waals surface area contributed by atoms with E-state index >= 15 is 0 Å². The van der Waals surface area contributed by atoms with E-state index in [2.05, 4.69) is 31.2 Å². The first-order valence-corrected chi connectivity index (χ1v) is 6.19. The van der Waals surface area contributed by atoms with Crippen LogP contribution in [0.4, 0.5) is 0 Å². The van der Waals surface area contributed by atoms with Crippen LogP contribution < -0.4 is 5.73 Å². The summed E-state index contributed by atoms with van der Waals surface area (Å²) in [6.07, 6.45) is 3.49. The zero-order valence-electron chi connectivity index (χ0n) is 8.57. The Morgan fingerprint density at radius 3 is 3.00 bits per heavy atom. The molecule has 0 amide bonds. The fraction of sp³-hybridized carbons (Fsp3) is 0.500. The van der Waals surface area contributed by atoms with E-state index in [1.165, 1.54) is 16.9 Å². The highest BCUT2D eigenvalue weighted by atomic mass is 32.2. The molecule has 1 nitrogen and oxygen atoms in total. The normalized spacial score (nSPS) is 22.0. The zero-order chi connectivity index (χ0) is 9.97. The molecular formula is C12H17NS. The van der Waals surface area contributed by atoms with Crippen molar-refractivity contribution >= 4 is 11.8 Å². The van der Waals surface area contributed by atoms with Crippen molar-refractivity contribution in [1.82, 2.24) is 0 Å². The van der Waals surface area contributed by atoms with Crippen molar-refractivity contribution in [2.45, 2.75) is 42.4 Å². The van der Waals surface area contributed by atoms with Crippen LogP contribution in [-0.4, -0.2) is 11.3 Å². The molecule has 1 aliphatic rings. The van der Waals surface area contributed by atoms with E-state index in [9.17, 15) is 0 Å². The number of fused-ring (bicyclic) bond motifs is 1. The average Bonchev–Trinajstić information content (AvgIpc) is 2.61. The molecule has 1 aromatic rings. The van der Waals surface area contributed by atoms with E-state index in [0.717, 1.165) is 12.8 Å². The van der Waals surface area contributed by atoms with E-state index in [4.69, 9.17) is 5.73 Å². The number of hydrogen-bond acceptors (Lipinski definition) is 2. The standard InChI is InChI=1S/C12H17NS/c1-2-5-10(13)12-8-9-6-3-4-7-11(9)14-12/h3-4,6-7,10,12H,2,5,8,13H2,1H3. The molecule has 1 heterocycles. The SMILES string of the molecule is CCCC(N)C1Cc2ccccc2S1. The predicted molar refractivity (Wildman–Crippen MR) is 62.7 cm³/mol. The van der Waals surface area contributed by atoms with Gasteiger partial charge in [-0.25, -0.2) is 0 Å². The molecule has 0 aliphatic carbocycles. The second-order valence-electron chi connectivity index (χ2n) is 3.92. The van der Waals surface area contributed by atoms with Crippen LogP contribution in [0.2, 0.25) is 0 Å². The molecule has 1 aromatic carbocycles. The van der Waals surface area contributed by atoms with Gasteiger partial charge in [0.1, 0.15) is 0 Å². The summed E-state index contributed by atoms with van der Waals surface area (Å²) in [5, 5.41) is 0.604. The van der Waals surface area contributed by atoms with E-state index < -0.39 is 0 Å². The smallest absolute Gasteiger partial charge is 0.0287 e. The van der Waals surface area contributed by atoms with Crippen molar-refractivity contribution in [2.24, 2.45) is 5.73 Å². The molecule has 0 aromatic heterocycles. The summed E-state index contributed by atoms with van der Waals surface area (Å²) in [5.74, 6) is 0. The minimum absolute atomic E-state index is 0.359. The van der Waals surface area contributed by atoms with Crippen molar-refractivity contribution < 1.29 is 0 Å². The van der Waals surface area contributed by atoms with Gasteiger partial charge < -0.3 is 5.73 Å². The van der Waals surface area contributed by atoms with Crippen molar-refractivity contribution in [3.63, 3.8) is 0 Å². The number of benzene rings is 1. The predicted octanol–water partition coefficient (Wildman–Crippen LogP) is 2.83. The van der Waals surface area contributed by atoms with Gasteiger partial charge in [0.2, 0.25) is 0 Å². The summed E-state index contributed by atoms with van der Waals surface area (Å²) in [6.45, 7) is 2.20. The second kappa shape index (κ2) is 4.37. The minimum atomic E-state index is 0.359. The Bertz CT molecular complexity index is 286. The van der Waals surface area contributed by atoms with Gasteiger partial charge in [0.25, 0.3) is 0 Å². The largest absolute Gasteiger partial charge is 0.327 e. The summed E-state index contributed by atoms with van der Waals surface area (Å²) in [7, 11) is 0. The van der Waals surface area contributed by atoms with Gasteiger partial charge in [-0.05, 0) is 24.5 Å². The highest BCUT2D eigenvalue weighted by Gasteiger charge is 2.26. The monoisotopic (exact) mass is 207 g/mol. The van der Waals surface area contributed by atoms with Crippen LogP contribution >= 0.6 is 11.8 Å². The van der Waals surface area contributed by atoms with Crippen LogP contribution in [0.15, 0.2) is 29.2 Å². The summed E-state index contributed by atoms with van der Waals surface area (Å²) in [6, 6.07) is 9.02. The summed E-state index contributed by atoms with van der Waals surface area (Å²) < 4.78 is 0. The van der Waals surface area contributed by atoms with Crippen LogP contribution in [0.5, 0.6) is 0 Å². The fourth-order valence-electron chi connectivity index (χ4n) is 1.97.